The molecular formula is C28H30N4O2. The van der Waals surface area contributed by atoms with E-state index in [0.717, 1.165) is 59.4 Å². The molecule has 174 valence electrons. The van der Waals surface area contributed by atoms with Gasteiger partial charge in [-0.1, -0.05) is 30.3 Å². The summed E-state index contributed by atoms with van der Waals surface area (Å²) in [7, 11) is 1.99. The number of aromatic nitrogens is 2. The first-order valence-corrected chi connectivity index (χ1v) is 12.2. The predicted molar refractivity (Wildman–Crippen MR) is 131 cm³/mol. The van der Waals surface area contributed by atoms with Gasteiger partial charge >= 0.3 is 6.03 Å². The minimum atomic E-state index is -0.446. The molecule has 2 N–H and O–H groups in total. The van der Waals surface area contributed by atoms with Crippen LogP contribution in [0.2, 0.25) is 0 Å². The fourth-order valence-corrected chi connectivity index (χ4v) is 7.14. The summed E-state index contributed by atoms with van der Waals surface area (Å²) in [6, 6.07) is 15.3. The normalized spacial score (nSPS) is 27.0. The first-order valence-electron chi connectivity index (χ1n) is 12.2. The van der Waals surface area contributed by atoms with E-state index in [0.29, 0.717) is 5.56 Å². The zero-order valence-electron chi connectivity index (χ0n) is 19.5. The SMILES string of the molecule is CN(C(=O)n1cnc(-c2cccc(-c3cccc(C(N)=O)c3)c2)c1)C12CC3CC(CC(C3)C1)C2. The van der Waals surface area contributed by atoms with Crippen LogP contribution in [-0.2, 0) is 0 Å². The van der Waals surface area contributed by atoms with Crippen molar-refractivity contribution in [3.05, 3.63) is 66.6 Å². The summed E-state index contributed by atoms with van der Waals surface area (Å²) in [5.41, 5.74) is 9.49. The number of carbonyl (C=O) groups is 2. The number of rotatable bonds is 4. The lowest BCUT2D eigenvalue weighted by molar-refractivity contribution is -0.0620. The Morgan fingerprint density at radius 2 is 1.53 bits per heavy atom. The molecule has 34 heavy (non-hydrogen) atoms. The van der Waals surface area contributed by atoms with Crippen LogP contribution in [0.4, 0.5) is 4.79 Å². The quantitative estimate of drug-likeness (QED) is 0.589. The molecule has 2 aromatic carbocycles. The Bertz CT molecular complexity index is 1240. The third-order valence-corrected chi connectivity index (χ3v) is 8.45. The van der Waals surface area contributed by atoms with Gasteiger partial charge in [-0.25, -0.2) is 9.78 Å². The lowest BCUT2D eigenvalue weighted by Crippen LogP contribution is -2.60. The van der Waals surface area contributed by atoms with Crippen molar-refractivity contribution in [2.45, 2.75) is 44.1 Å². The van der Waals surface area contributed by atoms with Crippen molar-refractivity contribution in [1.29, 1.82) is 0 Å². The van der Waals surface area contributed by atoms with Gasteiger partial charge in [0.05, 0.1) is 5.69 Å². The standard InChI is InChI=1S/C28H30N4O2/c1-31(28-13-18-8-19(14-28)10-20(9-18)15-28)27(34)32-16-25(30-17-32)23-6-2-4-21(11-23)22-5-3-7-24(12-22)26(29)33/h2-7,11-12,16-20H,8-10,13-15H2,1H3,(H2,29,33). The molecule has 7 rings (SSSR count). The van der Waals surface area contributed by atoms with Gasteiger partial charge in [-0.2, -0.15) is 0 Å². The van der Waals surface area contributed by atoms with Crippen molar-refractivity contribution in [3.8, 4) is 22.4 Å². The Morgan fingerprint density at radius 3 is 2.18 bits per heavy atom. The molecule has 1 aromatic heterocycles. The van der Waals surface area contributed by atoms with Crippen LogP contribution in [0.25, 0.3) is 22.4 Å². The van der Waals surface area contributed by atoms with Crippen molar-refractivity contribution in [2.24, 2.45) is 23.5 Å². The van der Waals surface area contributed by atoms with E-state index in [1.807, 2.05) is 54.5 Å². The topological polar surface area (TPSA) is 81.2 Å². The molecule has 0 saturated heterocycles. The van der Waals surface area contributed by atoms with E-state index in [-0.39, 0.29) is 11.6 Å². The summed E-state index contributed by atoms with van der Waals surface area (Å²) in [6.07, 6.45) is 11.0. The van der Waals surface area contributed by atoms with E-state index in [1.165, 1.54) is 19.3 Å². The number of amides is 2. The molecule has 4 bridgehead atoms. The van der Waals surface area contributed by atoms with Gasteiger partial charge in [0.1, 0.15) is 6.33 Å². The minimum Gasteiger partial charge on any atom is -0.366 e. The molecule has 0 radical (unpaired) electrons. The number of hydrogen-bond acceptors (Lipinski definition) is 3. The van der Waals surface area contributed by atoms with Crippen LogP contribution in [0, 0.1) is 17.8 Å². The van der Waals surface area contributed by atoms with Crippen LogP contribution in [-0.4, -0.2) is 39.0 Å². The number of primary amides is 1. The smallest absolute Gasteiger partial charge is 0.329 e. The fourth-order valence-electron chi connectivity index (χ4n) is 7.14. The molecule has 4 aliphatic rings. The molecule has 3 aromatic rings. The molecule has 2 amide bonds. The van der Waals surface area contributed by atoms with E-state index in [4.69, 9.17) is 5.73 Å². The van der Waals surface area contributed by atoms with Crippen molar-refractivity contribution < 1.29 is 9.59 Å². The average molecular weight is 455 g/mol. The number of benzene rings is 2. The number of hydrogen-bond donors (Lipinski definition) is 1. The Kier molecular flexibility index (Phi) is 4.87. The van der Waals surface area contributed by atoms with Crippen molar-refractivity contribution in [3.63, 3.8) is 0 Å². The minimum absolute atomic E-state index is 0.00557. The Morgan fingerprint density at radius 1 is 0.941 bits per heavy atom. The number of imidazole rings is 1. The van der Waals surface area contributed by atoms with Gasteiger partial charge < -0.3 is 10.6 Å². The summed E-state index contributed by atoms with van der Waals surface area (Å²) >= 11 is 0. The van der Waals surface area contributed by atoms with Crippen molar-refractivity contribution >= 4 is 11.9 Å². The Hall–Kier alpha value is -3.41. The largest absolute Gasteiger partial charge is 0.366 e. The van der Waals surface area contributed by atoms with Gasteiger partial charge in [0.15, 0.2) is 0 Å². The predicted octanol–water partition coefficient (Wildman–Crippen LogP) is 5.18. The monoisotopic (exact) mass is 454 g/mol. The van der Waals surface area contributed by atoms with Crippen molar-refractivity contribution in [2.75, 3.05) is 7.05 Å². The van der Waals surface area contributed by atoms with E-state index in [9.17, 15) is 9.59 Å². The summed E-state index contributed by atoms with van der Waals surface area (Å²) < 4.78 is 1.63. The van der Waals surface area contributed by atoms with Gasteiger partial charge in [0, 0.05) is 29.9 Å². The summed E-state index contributed by atoms with van der Waals surface area (Å²) in [5, 5.41) is 0. The summed E-state index contributed by atoms with van der Waals surface area (Å²) in [5.74, 6) is 1.92. The summed E-state index contributed by atoms with van der Waals surface area (Å²) in [4.78, 5) is 31.6. The molecular weight excluding hydrogens is 424 g/mol. The van der Waals surface area contributed by atoms with Crippen molar-refractivity contribution in [1.82, 2.24) is 14.5 Å². The number of nitrogens with zero attached hydrogens (tertiary/aromatic N) is 3. The van der Waals surface area contributed by atoms with Gasteiger partial charge in [-0.3, -0.25) is 9.36 Å². The van der Waals surface area contributed by atoms with Gasteiger partial charge in [-0.15, -0.1) is 0 Å². The molecule has 6 heteroatoms. The molecule has 0 aliphatic heterocycles. The lowest BCUT2D eigenvalue weighted by Gasteiger charge is -2.59. The molecule has 0 atom stereocenters. The molecule has 1 heterocycles. The zero-order chi connectivity index (χ0) is 23.4. The first kappa shape index (κ1) is 21.1. The first-order chi connectivity index (χ1) is 16.4. The van der Waals surface area contributed by atoms with Crippen LogP contribution >= 0.6 is 0 Å². The molecule has 4 aliphatic carbocycles. The van der Waals surface area contributed by atoms with Crippen LogP contribution in [0.5, 0.6) is 0 Å². The van der Waals surface area contributed by atoms with E-state index >= 15 is 0 Å². The highest BCUT2D eigenvalue weighted by atomic mass is 16.2. The lowest BCUT2D eigenvalue weighted by atomic mass is 9.52. The van der Waals surface area contributed by atoms with E-state index < -0.39 is 5.91 Å². The third kappa shape index (κ3) is 3.52. The van der Waals surface area contributed by atoms with Crippen LogP contribution in [0.1, 0.15) is 48.9 Å². The molecule has 0 unspecified atom stereocenters. The fraction of sp³-hybridized carbons (Fsp3) is 0.393. The molecule has 6 nitrogen and oxygen atoms in total. The van der Waals surface area contributed by atoms with Gasteiger partial charge in [-0.05, 0) is 85.6 Å². The summed E-state index contributed by atoms with van der Waals surface area (Å²) in [6.45, 7) is 0. The van der Waals surface area contributed by atoms with Gasteiger partial charge in [0.2, 0.25) is 5.91 Å². The van der Waals surface area contributed by atoms with Gasteiger partial charge in [0.25, 0.3) is 0 Å². The maximum Gasteiger partial charge on any atom is 0.329 e. The number of nitrogens with two attached hydrogens (primary N) is 1. The highest BCUT2D eigenvalue weighted by Crippen LogP contribution is 2.57. The van der Waals surface area contributed by atoms with E-state index in [1.54, 1.807) is 23.0 Å². The second kappa shape index (κ2) is 7.83. The molecule has 4 fully saturated rings. The zero-order valence-corrected chi connectivity index (χ0v) is 19.5. The second-order valence-electron chi connectivity index (χ2n) is 10.7. The third-order valence-electron chi connectivity index (χ3n) is 8.45. The molecule has 0 spiro atoms. The Balaban J connectivity index is 1.25. The van der Waals surface area contributed by atoms with Crippen LogP contribution in [0.3, 0.4) is 0 Å². The maximum atomic E-state index is 13.5. The maximum absolute atomic E-state index is 13.5. The highest BCUT2D eigenvalue weighted by Gasteiger charge is 2.54. The van der Waals surface area contributed by atoms with E-state index in [2.05, 4.69) is 4.98 Å². The van der Waals surface area contributed by atoms with Crippen LogP contribution < -0.4 is 5.73 Å². The number of carbonyl (C=O) groups excluding carboxylic acids is 2. The second-order valence-corrected chi connectivity index (χ2v) is 10.7. The average Bonchev–Trinajstić information content (AvgIpc) is 3.33. The van der Waals surface area contributed by atoms with Crippen LogP contribution in [0.15, 0.2) is 61.1 Å². The highest BCUT2D eigenvalue weighted by molar-refractivity contribution is 5.94. The molecule has 4 saturated carbocycles. The Labute approximate surface area is 199 Å².